The smallest absolute Gasteiger partial charge is 0.0379 e. The van der Waals surface area contributed by atoms with Crippen LogP contribution >= 0.6 is 0 Å². The largest absolute Gasteiger partial charge is 0.384 e. The van der Waals surface area contributed by atoms with Crippen molar-refractivity contribution in [3.63, 3.8) is 0 Å². The Morgan fingerprint density at radius 1 is 1.08 bits per heavy atom. The van der Waals surface area contributed by atoms with E-state index in [1.807, 2.05) is 0 Å². The summed E-state index contributed by atoms with van der Waals surface area (Å²) in [6, 6.07) is 6.98. The van der Waals surface area contributed by atoms with Gasteiger partial charge in [-0.2, -0.15) is 0 Å². The first-order chi connectivity index (χ1) is 11.8. The Labute approximate surface area is 149 Å². The molecule has 1 aromatic carbocycles. The summed E-state index contributed by atoms with van der Waals surface area (Å²) in [5.41, 5.74) is 4.83. The highest BCUT2D eigenvalue weighted by atomic mass is 15.1. The van der Waals surface area contributed by atoms with Crippen molar-refractivity contribution in [3.8, 4) is 0 Å². The Hall–Kier alpha value is -1.02. The third-order valence-corrected chi connectivity index (χ3v) is 6.92. The highest BCUT2D eigenvalue weighted by Gasteiger charge is 2.41. The van der Waals surface area contributed by atoms with Crippen LogP contribution in [0.3, 0.4) is 0 Å². The van der Waals surface area contributed by atoms with Gasteiger partial charge >= 0.3 is 0 Å². The van der Waals surface area contributed by atoms with Crippen LogP contribution in [-0.4, -0.2) is 31.1 Å². The van der Waals surface area contributed by atoms with Gasteiger partial charge in [-0.3, -0.25) is 0 Å². The summed E-state index contributed by atoms with van der Waals surface area (Å²) in [5.74, 6) is 0.968. The molecule has 0 bridgehead atoms. The fourth-order valence-electron chi connectivity index (χ4n) is 5.31. The Balaban J connectivity index is 0.00000182. The maximum Gasteiger partial charge on any atom is 0.0379 e. The molecule has 2 heteroatoms. The quantitative estimate of drug-likeness (QED) is 0.786. The Bertz CT molecular complexity index is 555. The molecule has 0 aromatic heterocycles. The fraction of sp³-hybridized carbons (Fsp3) is 0.727. The predicted octanol–water partition coefficient (Wildman–Crippen LogP) is 5.36. The van der Waals surface area contributed by atoms with Crippen molar-refractivity contribution in [2.24, 2.45) is 5.92 Å². The number of piperidine rings is 1. The van der Waals surface area contributed by atoms with Crippen molar-refractivity contribution in [1.29, 1.82) is 0 Å². The number of anilines is 1. The van der Waals surface area contributed by atoms with E-state index in [0.29, 0.717) is 5.41 Å². The molecule has 24 heavy (non-hydrogen) atoms. The lowest BCUT2D eigenvalue weighted by atomic mass is 9.74. The molecule has 2 fully saturated rings. The Morgan fingerprint density at radius 2 is 1.79 bits per heavy atom. The molecule has 0 amide bonds. The van der Waals surface area contributed by atoms with Gasteiger partial charge in [-0.05, 0) is 63.2 Å². The van der Waals surface area contributed by atoms with E-state index in [4.69, 9.17) is 0 Å². The SMILES string of the molecule is Cc1ccc2c(c1)C1(CCN(CC3CCCCCCC3)CC1)CN2.[HH]. The standard InChI is InChI=1S/C22H34N2.H2/c1-18-9-10-21-20(15-18)22(17-23-21)11-13-24(14-12-22)16-19-7-5-3-2-4-6-8-19;/h9-10,15,19,23H,2-8,11-14,16-17H2,1H3;1H. The van der Waals surface area contributed by atoms with Gasteiger partial charge < -0.3 is 10.2 Å². The molecule has 1 N–H and O–H groups in total. The highest BCUT2D eigenvalue weighted by Crippen LogP contribution is 2.44. The molecule has 0 radical (unpaired) electrons. The molecular weight excluding hydrogens is 292 g/mol. The molecule has 4 rings (SSSR count). The Kier molecular flexibility index (Phi) is 4.85. The van der Waals surface area contributed by atoms with E-state index < -0.39 is 0 Å². The van der Waals surface area contributed by atoms with Gasteiger partial charge in [-0.1, -0.05) is 49.8 Å². The number of nitrogens with one attached hydrogen (secondary N) is 1. The zero-order chi connectivity index (χ0) is 16.4. The van der Waals surface area contributed by atoms with Crippen molar-refractivity contribution in [3.05, 3.63) is 29.3 Å². The van der Waals surface area contributed by atoms with Gasteiger partial charge in [0, 0.05) is 25.6 Å². The first kappa shape index (κ1) is 16.4. The number of nitrogens with zero attached hydrogens (tertiary/aromatic N) is 1. The van der Waals surface area contributed by atoms with E-state index >= 15 is 0 Å². The number of benzene rings is 1. The van der Waals surface area contributed by atoms with Crippen LogP contribution in [0, 0.1) is 12.8 Å². The van der Waals surface area contributed by atoms with Crippen molar-refractivity contribution in [2.45, 2.75) is 70.1 Å². The predicted molar refractivity (Wildman–Crippen MR) is 105 cm³/mol. The lowest BCUT2D eigenvalue weighted by Gasteiger charge is -2.41. The fourth-order valence-corrected chi connectivity index (χ4v) is 5.31. The van der Waals surface area contributed by atoms with E-state index in [1.54, 1.807) is 5.56 Å². The summed E-state index contributed by atoms with van der Waals surface area (Å²) in [4.78, 5) is 2.78. The molecule has 2 aliphatic heterocycles. The average molecular weight is 329 g/mol. The third-order valence-electron chi connectivity index (χ3n) is 6.92. The Morgan fingerprint density at radius 3 is 2.54 bits per heavy atom. The second kappa shape index (κ2) is 7.07. The molecule has 1 aromatic rings. The van der Waals surface area contributed by atoms with Gasteiger partial charge in [-0.15, -0.1) is 0 Å². The van der Waals surface area contributed by atoms with E-state index in [2.05, 4.69) is 35.3 Å². The van der Waals surface area contributed by atoms with E-state index in [0.717, 1.165) is 12.5 Å². The lowest BCUT2D eigenvalue weighted by molar-refractivity contribution is 0.138. The molecule has 134 valence electrons. The van der Waals surface area contributed by atoms with Crippen molar-refractivity contribution in [1.82, 2.24) is 4.90 Å². The monoisotopic (exact) mass is 328 g/mol. The summed E-state index contributed by atoms with van der Waals surface area (Å²) < 4.78 is 0. The van der Waals surface area contributed by atoms with Crippen LogP contribution in [-0.2, 0) is 5.41 Å². The maximum atomic E-state index is 3.68. The average Bonchev–Trinajstić information content (AvgIpc) is 2.90. The highest BCUT2D eigenvalue weighted by molar-refractivity contribution is 5.61. The van der Waals surface area contributed by atoms with Gasteiger partial charge in [0.05, 0.1) is 0 Å². The maximum absolute atomic E-state index is 3.68. The minimum Gasteiger partial charge on any atom is -0.384 e. The summed E-state index contributed by atoms with van der Waals surface area (Å²) >= 11 is 0. The molecule has 1 spiro atoms. The van der Waals surface area contributed by atoms with Crippen LogP contribution in [0.25, 0.3) is 0 Å². The van der Waals surface area contributed by atoms with Crippen molar-refractivity contribution < 1.29 is 1.43 Å². The van der Waals surface area contributed by atoms with Gasteiger partial charge in [-0.25, -0.2) is 0 Å². The number of hydrogen-bond donors (Lipinski definition) is 1. The van der Waals surface area contributed by atoms with Crippen molar-refractivity contribution >= 4 is 5.69 Å². The molecule has 0 unspecified atom stereocenters. The number of rotatable bonds is 2. The number of likely N-dealkylation sites (tertiary alicyclic amines) is 1. The van der Waals surface area contributed by atoms with Gasteiger partial charge in [0.2, 0.25) is 0 Å². The minimum absolute atomic E-state index is 0. The van der Waals surface area contributed by atoms with E-state index in [9.17, 15) is 0 Å². The molecule has 0 atom stereocenters. The molecule has 1 aliphatic carbocycles. The zero-order valence-corrected chi connectivity index (χ0v) is 15.4. The van der Waals surface area contributed by atoms with Crippen LogP contribution in [0.15, 0.2) is 18.2 Å². The van der Waals surface area contributed by atoms with Gasteiger partial charge in [0.15, 0.2) is 0 Å². The van der Waals surface area contributed by atoms with Crippen LogP contribution in [0.4, 0.5) is 5.69 Å². The first-order valence-corrected chi connectivity index (χ1v) is 10.3. The summed E-state index contributed by atoms with van der Waals surface area (Å²) in [6.07, 6.45) is 13.0. The lowest BCUT2D eigenvalue weighted by Crippen LogP contribution is -2.45. The van der Waals surface area contributed by atoms with E-state index in [-0.39, 0.29) is 1.43 Å². The summed E-state index contributed by atoms with van der Waals surface area (Å²) in [7, 11) is 0. The number of fused-ring (bicyclic) bond motifs is 2. The van der Waals surface area contributed by atoms with Crippen molar-refractivity contribution in [2.75, 3.05) is 31.5 Å². The molecule has 3 aliphatic rings. The minimum atomic E-state index is 0. The van der Waals surface area contributed by atoms with Gasteiger partial charge in [0.1, 0.15) is 0 Å². The van der Waals surface area contributed by atoms with Crippen LogP contribution < -0.4 is 5.32 Å². The second-order valence-corrected chi connectivity index (χ2v) is 8.69. The molecule has 1 saturated carbocycles. The molecule has 2 nitrogen and oxygen atoms in total. The van der Waals surface area contributed by atoms with Gasteiger partial charge in [0.25, 0.3) is 0 Å². The van der Waals surface area contributed by atoms with Crippen LogP contribution in [0.2, 0.25) is 0 Å². The van der Waals surface area contributed by atoms with Crippen LogP contribution in [0.1, 0.15) is 70.3 Å². The van der Waals surface area contributed by atoms with E-state index in [1.165, 1.54) is 88.7 Å². The number of aryl methyl sites for hydroxylation is 1. The zero-order valence-electron chi connectivity index (χ0n) is 15.4. The topological polar surface area (TPSA) is 15.3 Å². The third kappa shape index (κ3) is 3.35. The second-order valence-electron chi connectivity index (χ2n) is 8.69. The summed E-state index contributed by atoms with van der Waals surface area (Å²) in [6.45, 7) is 7.35. The van der Waals surface area contributed by atoms with Crippen LogP contribution in [0.5, 0.6) is 0 Å². The molecular formula is C22H36N2. The molecule has 2 heterocycles. The molecule has 1 saturated heterocycles. The number of hydrogen-bond acceptors (Lipinski definition) is 2. The normalized spacial score (nSPS) is 25.0. The first-order valence-electron chi connectivity index (χ1n) is 10.3. The summed E-state index contributed by atoms with van der Waals surface area (Å²) in [5, 5.41) is 3.68.